The Bertz CT molecular complexity index is 194. The molecular formula is C12H24N2. The van der Waals surface area contributed by atoms with Crippen LogP contribution in [0, 0.1) is 0 Å². The topological polar surface area (TPSA) is 15.3 Å². The maximum Gasteiger partial charge on any atom is 0.0238 e. The number of hydrogen-bond acceptors (Lipinski definition) is 2. The molecule has 0 spiro atoms. The van der Waals surface area contributed by atoms with Crippen LogP contribution in [-0.2, 0) is 0 Å². The lowest BCUT2D eigenvalue weighted by molar-refractivity contribution is 0.180. The van der Waals surface area contributed by atoms with Crippen LogP contribution in [0.25, 0.3) is 0 Å². The van der Waals surface area contributed by atoms with Gasteiger partial charge in [-0.25, -0.2) is 0 Å². The van der Waals surface area contributed by atoms with Gasteiger partial charge < -0.3 is 5.32 Å². The van der Waals surface area contributed by atoms with Crippen molar-refractivity contribution in [1.29, 1.82) is 0 Å². The van der Waals surface area contributed by atoms with Gasteiger partial charge in [-0.2, -0.15) is 0 Å². The SMILES string of the molecule is CN(C1CCCC1)C1CNC(C)(C)C1. The molecule has 2 fully saturated rings. The molecule has 82 valence electrons. The fourth-order valence-corrected chi connectivity index (χ4v) is 3.03. The molecule has 0 aromatic rings. The summed E-state index contributed by atoms with van der Waals surface area (Å²) in [5, 5.41) is 3.61. The summed E-state index contributed by atoms with van der Waals surface area (Å²) < 4.78 is 0. The summed E-state index contributed by atoms with van der Waals surface area (Å²) >= 11 is 0. The number of likely N-dealkylation sites (N-methyl/N-ethyl adjacent to an activating group) is 1. The average Bonchev–Trinajstić information content (AvgIpc) is 2.72. The molecule has 0 aromatic carbocycles. The summed E-state index contributed by atoms with van der Waals surface area (Å²) in [6.45, 7) is 5.81. The Balaban J connectivity index is 1.89. The smallest absolute Gasteiger partial charge is 0.0238 e. The standard InChI is InChI=1S/C12H24N2/c1-12(2)8-11(9-13-12)14(3)10-6-4-5-7-10/h10-11,13H,4-9H2,1-3H3. The van der Waals surface area contributed by atoms with Crippen LogP contribution >= 0.6 is 0 Å². The highest BCUT2D eigenvalue weighted by molar-refractivity contribution is 4.95. The second kappa shape index (κ2) is 3.82. The van der Waals surface area contributed by atoms with Gasteiger partial charge in [-0.3, -0.25) is 4.90 Å². The van der Waals surface area contributed by atoms with Gasteiger partial charge >= 0.3 is 0 Å². The molecule has 1 N–H and O–H groups in total. The van der Waals surface area contributed by atoms with Crippen LogP contribution < -0.4 is 5.32 Å². The maximum absolute atomic E-state index is 3.61. The third kappa shape index (κ3) is 2.12. The van der Waals surface area contributed by atoms with Crippen LogP contribution in [-0.4, -0.2) is 36.1 Å². The van der Waals surface area contributed by atoms with E-state index in [4.69, 9.17) is 0 Å². The maximum atomic E-state index is 3.61. The highest BCUT2D eigenvalue weighted by Crippen LogP contribution is 2.28. The Labute approximate surface area is 88.1 Å². The average molecular weight is 196 g/mol. The minimum absolute atomic E-state index is 0.359. The highest BCUT2D eigenvalue weighted by Gasteiger charge is 2.35. The molecule has 1 atom stereocenters. The van der Waals surface area contributed by atoms with E-state index in [0.29, 0.717) is 5.54 Å². The van der Waals surface area contributed by atoms with Gasteiger partial charge in [-0.15, -0.1) is 0 Å². The first-order chi connectivity index (χ1) is 6.58. The zero-order valence-corrected chi connectivity index (χ0v) is 9.84. The molecule has 2 rings (SSSR count). The summed E-state index contributed by atoms with van der Waals surface area (Å²) in [5.74, 6) is 0. The van der Waals surface area contributed by atoms with E-state index in [2.05, 4.69) is 31.1 Å². The molecule has 1 saturated carbocycles. The first-order valence-electron chi connectivity index (χ1n) is 6.05. The van der Waals surface area contributed by atoms with Crippen LogP contribution in [0.2, 0.25) is 0 Å². The molecular weight excluding hydrogens is 172 g/mol. The molecule has 2 heteroatoms. The molecule has 0 aromatic heterocycles. The molecule has 1 aliphatic carbocycles. The number of hydrogen-bond donors (Lipinski definition) is 1. The summed E-state index contributed by atoms with van der Waals surface area (Å²) in [7, 11) is 2.32. The lowest BCUT2D eigenvalue weighted by Crippen LogP contribution is -2.39. The van der Waals surface area contributed by atoms with Gasteiger partial charge in [0.15, 0.2) is 0 Å². The first kappa shape index (κ1) is 10.4. The van der Waals surface area contributed by atoms with Crippen molar-refractivity contribution >= 4 is 0 Å². The van der Waals surface area contributed by atoms with E-state index in [0.717, 1.165) is 12.1 Å². The van der Waals surface area contributed by atoms with Gasteiger partial charge in [0.1, 0.15) is 0 Å². The second-order valence-corrected chi connectivity index (χ2v) is 5.73. The third-order valence-corrected chi connectivity index (χ3v) is 4.04. The van der Waals surface area contributed by atoms with Crippen molar-refractivity contribution in [2.45, 2.75) is 63.6 Å². The van der Waals surface area contributed by atoms with E-state index < -0.39 is 0 Å². The van der Waals surface area contributed by atoms with Gasteiger partial charge in [0, 0.05) is 24.2 Å². The summed E-state index contributed by atoms with van der Waals surface area (Å²) in [4.78, 5) is 2.63. The molecule has 0 amide bonds. The van der Waals surface area contributed by atoms with E-state index in [1.54, 1.807) is 0 Å². The van der Waals surface area contributed by atoms with Crippen LogP contribution in [0.1, 0.15) is 46.0 Å². The Morgan fingerprint density at radius 2 is 1.79 bits per heavy atom. The third-order valence-electron chi connectivity index (χ3n) is 4.04. The van der Waals surface area contributed by atoms with Crippen LogP contribution in [0.3, 0.4) is 0 Å². The summed E-state index contributed by atoms with van der Waals surface area (Å²) in [5.41, 5.74) is 0.359. The minimum Gasteiger partial charge on any atom is -0.310 e. The largest absolute Gasteiger partial charge is 0.310 e. The van der Waals surface area contributed by atoms with Crippen molar-refractivity contribution < 1.29 is 0 Å². The Morgan fingerprint density at radius 3 is 2.29 bits per heavy atom. The normalized spacial score (nSPS) is 33.0. The van der Waals surface area contributed by atoms with Crippen molar-refractivity contribution in [2.24, 2.45) is 0 Å². The number of rotatable bonds is 2. The van der Waals surface area contributed by atoms with Crippen molar-refractivity contribution in [2.75, 3.05) is 13.6 Å². The summed E-state index contributed by atoms with van der Waals surface area (Å²) in [6.07, 6.45) is 7.04. The molecule has 1 heterocycles. The zero-order valence-electron chi connectivity index (χ0n) is 9.84. The molecule has 1 aliphatic heterocycles. The predicted octanol–water partition coefficient (Wildman–Crippen LogP) is 2.00. The fraction of sp³-hybridized carbons (Fsp3) is 1.00. The van der Waals surface area contributed by atoms with Crippen LogP contribution in [0.4, 0.5) is 0 Å². The molecule has 2 aliphatic rings. The zero-order chi connectivity index (χ0) is 10.2. The Kier molecular flexibility index (Phi) is 2.85. The number of nitrogens with one attached hydrogen (secondary N) is 1. The van der Waals surface area contributed by atoms with Crippen molar-refractivity contribution in [3.8, 4) is 0 Å². The van der Waals surface area contributed by atoms with E-state index >= 15 is 0 Å². The lowest BCUT2D eigenvalue weighted by Gasteiger charge is -2.30. The van der Waals surface area contributed by atoms with E-state index in [9.17, 15) is 0 Å². The molecule has 1 unspecified atom stereocenters. The molecule has 2 nitrogen and oxygen atoms in total. The van der Waals surface area contributed by atoms with Crippen LogP contribution in [0.5, 0.6) is 0 Å². The quantitative estimate of drug-likeness (QED) is 0.726. The van der Waals surface area contributed by atoms with Crippen molar-refractivity contribution in [3.63, 3.8) is 0 Å². The highest BCUT2D eigenvalue weighted by atomic mass is 15.2. The molecule has 1 saturated heterocycles. The summed E-state index contributed by atoms with van der Waals surface area (Å²) in [6, 6.07) is 1.64. The molecule has 14 heavy (non-hydrogen) atoms. The second-order valence-electron chi connectivity index (χ2n) is 5.73. The van der Waals surface area contributed by atoms with Gasteiger partial charge in [0.25, 0.3) is 0 Å². The van der Waals surface area contributed by atoms with Crippen molar-refractivity contribution in [3.05, 3.63) is 0 Å². The predicted molar refractivity (Wildman–Crippen MR) is 60.5 cm³/mol. The molecule has 0 radical (unpaired) electrons. The first-order valence-corrected chi connectivity index (χ1v) is 6.05. The van der Waals surface area contributed by atoms with E-state index in [-0.39, 0.29) is 0 Å². The van der Waals surface area contributed by atoms with Gasteiger partial charge in [0.2, 0.25) is 0 Å². The lowest BCUT2D eigenvalue weighted by atomic mass is 10.00. The molecule has 0 bridgehead atoms. The van der Waals surface area contributed by atoms with Gasteiger partial charge in [-0.05, 0) is 40.2 Å². The Morgan fingerprint density at radius 1 is 1.14 bits per heavy atom. The minimum atomic E-state index is 0.359. The fourth-order valence-electron chi connectivity index (χ4n) is 3.03. The van der Waals surface area contributed by atoms with E-state index in [1.807, 2.05) is 0 Å². The van der Waals surface area contributed by atoms with Gasteiger partial charge in [0.05, 0.1) is 0 Å². The van der Waals surface area contributed by atoms with Gasteiger partial charge in [-0.1, -0.05) is 12.8 Å². The van der Waals surface area contributed by atoms with Crippen LogP contribution in [0.15, 0.2) is 0 Å². The van der Waals surface area contributed by atoms with Crippen molar-refractivity contribution in [1.82, 2.24) is 10.2 Å². The number of nitrogens with zero attached hydrogens (tertiary/aromatic N) is 1. The Hall–Kier alpha value is -0.0800. The monoisotopic (exact) mass is 196 g/mol. The van der Waals surface area contributed by atoms with E-state index in [1.165, 1.54) is 38.6 Å².